The molecule has 110 valence electrons. The molecule has 2 aromatic rings. The van der Waals surface area contributed by atoms with E-state index < -0.39 is 0 Å². The fourth-order valence-electron chi connectivity index (χ4n) is 3.05. The Hall–Kier alpha value is -2.62. The van der Waals surface area contributed by atoms with Crippen molar-refractivity contribution in [2.45, 2.75) is 19.9 Å². The molecule has 4 rings (SSSR count). The zero-order chi connectivity index (χ0) is 15.1. The van der Waals surface area contributed by atoms with Gasteiger partial charge in [-0.05, 0) is 30.5 Å². The molecular formula is C18H17N3O. The molecule has 1 aromatic heterocycles. The fourth-order valence-corrected chi connectivity index (χ4v) is 3.05. The molecule has 0 bridgehead atoms. The van der Waals surface area contributed by atoms with Crippen molar-refractivity contribution in [2.24, 2.45) is 5.92 Å². The van der Waals surface area contributed by atoms with Crippen LogP contribution in [-0.4, -0.2) is 10.9 Å². The van der Waals surface area contributed by atoms with Crippen LogP contribution < -0.4 is 10.2 Å². The number of allylic oxidation sites excluding steroid dienone is 1. The highest BCUT2D eigenvalue weighted by Crippen LogP contribution is 2.37. The van der Waals surface area contributed by atoms with Gasteiger partial charge < -0.3 is 10.2 Å². The van der Waals surface area contributed by atoms with Gasteiger partial charge in [0, 0.05) is 17.3 Å². The molecule has 1 amide bonds. The first-order valence-electron chi connectivity index (χ1n) is 7.55. The summed E-state index contributed by atoms with van der Waals surface area (Å²) in [4.78, 5) is 19.1. The summed E-state index contributed by atoms with van der Waals surface area (Å²) in [6.07, 6.45) is 4.69. The number of fused-ring (bicyclic) bond motifs is 2. The number of nitrogens with zero attached hydrogens (tertiary/aromatic N) is 2. The lowest BCUT2D eigenvalue weighted by Gasteiger charge is -2.28. The van der Waals surface area contributed by atoms with Gasteiger partial charge in [0.25, 0.3) is 5.91 Å². The molecule has 0 saturated carbocycles. The molecule has 1 N–H and O–H groups in total. The maximum atomic E-state index is 12.9. The maximum absolute atomic E-state index is 12.9. The highest BCUT2D eigenvalue weighted by Gasteiger charge is 2.29. The van der Waals surface area contributed by atoms with Gasteiger partial charge in [0.1, 0.15) is 5.82 Å². The number of nitrogens with one attached hydrogen (secondary N) is 1. The molecule has 1 atom stereocenters. The molecule has 0 radical (unpaired) electrons. The second-order valence-corrected chi connectivity index (χ2v) is 5.92. The molecule has 1 aliphatic heterocycles. The number of benzene rings is 1. The van der Waals surface area contributed by atoms with Crippen LogP contribution in [-0.2, 0) is 11.3 Å². The lowest BCUT2D eigenvalue weighted by Crippen LogP contribution is -2.34. The average molecular weight is 291 g/mol. The largest absolute Gasteiger partial charge is 0.338 e. The second-order valence-electron chi connectivity index (χ2n) is 5.92. The quantitative estimate of drug-likeness (QED) is 0.872. The number of carbonyl (C=O) groups excluding carboxylic acids is 1. The molecule has 2 heterocycles. The Balaban J connectivity index is 1.80. The van der Waals surface area contributed by atoms with Crippen molar-refractivity contribution in [1.82, 2.24) is 4.98 Å². The van der Waals surface area contributed by atoms with Crippen molar-refractivity contribution < 1.29 is 4.79 Å². The number of rotatable bonds is 1. The Morgan fingerprint density at radius 2 is 2.09 bits per heavy atom. The number of anilines is 3. The van der Waals surface area contributed by atoms with Gasteiger partial charge in [0.15, 0.2) is 0 Å². The molecule has 4 heteroatoms. The number of amides is 1. The molecule has 4 nitrogen and oxygen atoms in total. The van der Waals surface area contributed by atoms with E-state index in [2.05, 4.69) is 23.3 Å². The van der Waals surface area contributed by atoms with E-state index in [0.29, 0.717) is 12.5 Å². The van der Waals surface area contributed by atoms with E-state index in [0.717, 1.165) is 34.8 Å². The fraction of sp³-hybridized carbons (Fsp3) is 0.222. The summed E-state index contributed by atoms with van der Waals surface area (Å²) in [6.45, 7) is 2.67. The van der Waals surface area contributed by atoms with Crippen LogP contribution in [0.1, 0.15) is 18.9 Å². The van der Waals surface area contributed by atoms with E-state index in [1.54, 1.807) is 6.20 Å². The molecule has 22 heavy (non-hydrogen) atoms. The van der Waals surface area contributed by atoms with Gasteiger partial charge in [0.05, 0.1) is 17.9 Å². The van der Waals surface area contributed by atoms with Crippen molar-refractivity contribution >= 4 is 23.1 Å². The van der Waals surface area contributed by atoms with Crippen LogP contribution in [0.3, 0.4) is 0 Å². The minimum atomic E-state index is 0.101. The van der Waals surface area contributed by atoms with Crippen molar-refractivity contribution in [2.75, 3.05) is 10.2 Å². The molecule has 1 unspecified atom stereocenters. The van der Waals surface area contributed by atoms with Crippen LogP contribution in [0.5, 0.6) is 0 Å². The maximum Gasteiger partial charge on any atom is 0.254 e. The van der Waals surface area contributed by atoms with Crippen LogP contribution >= 0.6 is 0 Å². The molecule has 1 aromatic carbocycles. The second kappa shape index (κ2) is 4.98. The molecule has 1 aliphatic carbocycles. The predicted octanol–water partition coefficient (Wildman–Crippen LogP) is 3.64. The molecule has 2 aliphatic rings. The number of pyridine rings is 1. The van der Waals surface area contributed by atoms with Gasteiger partial charge in [0.2, 0.25) is 0 Å². The average Bonchev–Trinajstić information content (AvgIpc) is 2.67. The van der Waals surface area contributed by atoms with Crippen LogP contribution in [0, 0.1) is 5.92 Å². The Bertz CT molecular complexity index is 781. The minimum absolute atomic E-state index is 0.101. The third-order valence-corrected chi connectivity index (χ3v) is 4.22. The van der Waals surface area contributed by atoms with E-state index in [1.807, 2.05) is 41.3 Å². The number of para-hydroxylation sites is 2. The standard InChI is InChI=1S/C18H17N3O/c1-12-9-14(10-12)18(22)21-11-13-5-4-8-19-17(13)20-15-6-2-3-7-16(15)21/h2-9,12H,10-11H2,1H3,(H,19,20). The van der Waals surface area contributed by atoms with Crippen molar-refractivity contribution in [3.63, 3.8) is 0 Å². The Labute approximate surface area is 129 Å². The summed E-state index contributed by atoms with van der Waals surface area (Å²) in [6, 6.07) is 11.8. The smallest absolute Gasteiger partial charge is 0.254 e. The first-order valence-corrected chi connectivity index (χ1v) is 7.55. The summed E-state index contributed by atoms with van der Waals surface area (Å²) >= 11 is 0. The Morgan fingerprint density at radius 1 is 1.27 bits per heavy atom. The van der Waals surface area contributed by atoms with Gasteiger partial charge in [-0.3, -0.25) is 4.79 Å². The van der Waals surface area contributed by atoms with Crippen LogP contribution in [0.15, 0.2) is 54.2 Å². The van der Waals surface area contributed by atoms with Gasteiger partial charge >= 0.3 is 0 Å². The van der Waals surface area contributed by atoms with Crippen molar-refractivity contribution in [1.29, 1.82) is 0 Å². The van der Waals surface area contributed by atoms with E-state index in [9.17, 15) is 4.79 Å². The van der Waals surface area contributed by atoms with Crippen molar-refractivity contribution in [3.05, 3.63) is 59.8 Å². The Morgan fingerprint density at radius 3 is 2.91 bits per heavy atom. The van der Waals surface area contributed by atoms with E-state index in [1.165, 1.54) is 0 Å². The van der Waals surface area contributed by atoms with Gasteiger partial charge in [-0.2, -0.15) is 0 Å². The van der Waals surface area contributed by atoms with E-state index in [4.69, 9.17) is 0 Å². The van der Waals surface area contributed by atoms with E-state index >= 15 is 0 Å². The highest BCUT2D eigenvalue weighted by molar-refractivity contribution is 6.08. The van der Waals surface area contributed by atoms with Crippen molar-refractivity contribution in [3.8, 4) is 0 Å². The van der Waals surface area contributed by atoms with Crippen LogP contribution in [0.2, 0.25) is 0 Å². The third-order valence-electron chi connectivity index (χ3n) is 4.22. The molecule has 0 saturated heterocycles. The van der Waals surface area contributed by atoms with Gasteiger partial charge in [-0.15, -0.1) is 0 Å². The molecular weight excluding hydrogens is 274 g/mol. The molecule has 0 fully saturated rings. The summed E-state index contributed by atoms with van der Waals surface area (Å²) < 4.78 is 0. The molecule has 0 spiro atoms. The highest BCUT2D eigenvalue weighted by atomic mass is 16.2. The van der Waals surface area contributed by atoms with Gasteiger partial charge in [-0.25, -0.2) is 4.98 Å². The zero-order valence-corrected chi connectivity index (χ0v) is 12.4. The number of aromatic nitrogens is 1. The van der Waals surface area contributed by atoms with E-state index in [-0.39, 0.29) is 5.91 Å². The first-order chi connectivity index (χ1) is 10.7. The van der Waals surface area contributed by atoms with Gasteiger partial charge in [-0.1, -0.05) is 31.2 Å². The Kier molecular flexibility index (Phi) is 2.96. The first kappa shape index (κ1) is 13.1. The SMILES string of the molecule is CC1C=C(C(=O)N2Cc3cccnc3Nc3ccccc32)C1. The number of carbonyl (C=O) groups is 1. The number of hydrogen-bond acceptors (Lipinski definition) is 3. The van der Waals surface area contributed by atoms with Crippen LogP contribution in [0.25, 0.3) is 0 Å². The lowest BCUT2D eigenvalue weighted by atomic mass is 9.87. The topological polar surface area (TPSA) is 45.2 Å². The lowest BCUT2D eigenvalue weighted by molar-refractivity contribution is -0.115. The predicted molar refractivity (Wildman–Crippen MR) is 87.0 cm³/mol. The summed E-state index contributed by atoms with van der Waals surface area (Å²) in [5.41, 5.74) is 3.77. The minimum Gasteiger partial charge on any atom is -0.338 e. The summed E-state index contributed by atoms with van der Waals surface area (Å²) in [5.74, 6) is 1.43. The number of hydrogen-bond donors (Lipinski definition) is 1. The monoisotopic (exact) mass is 291 g/mol. The zero-order valence-electron chi connectivity index (χ0n) is 12.4. The normalized spacial score (nSPS) is 19.0. The van der Waals surface area contributed by atoms with Crippen LogP contribution in [0.4, 0.5) is 17.2 Å². The summed E-state index contributed by atoms with van der Waals surface area (Å²) in [5, 5.41) is 3.35. The summed E-state index contributed by atoms with van der Waals surface area (Å²) in [7, 11) is 0. The third kappa shape index (κ3) is 2.08.